The summed E-state index contributed by atoms with van der Waals surface area (Å²) >= 11 is 0. The molecule has 2 aliphatic rings. The molecule has 7 heteroatoms. The number of likely N-dealkylation sites (tertiary alicyclic amines) is 1. The van der Waals surface area contributed by atoms with Crippen LogP contribution in [-0.2, 0) is 17.7 Å². The number of pyridine rings is 1. The Morgan fingerprint density at radius 1 is 1.07 bits per heavy atom. The average Bonchev–Trinajstić information content (AvgIpc) is 3.08. The Balaban J connectivity index is 1.38. The van der Waals surface area contributed by atoms with E-state index in [0.29, 0.717) is 23.9 Å². The molecule has 30 heavy (non-hydrogen) atoms. The number of ether oxygens (including phenoxy) is 1. The molecule has 0 amide bonds. The monoisotopic (exact) mass is 419 g/mol. The maximum atomic E-state index is 12.7. The summed E-state index contributed by atoms with van der Waals surface area (Å²) < 4.78 is 43.9. The van der Waals surface area contributed by atoms with Crippen molar-refractivity contribution in [2.24, 2.45) is 11.8 Å². The summed E-state index contributed by atoms with van der Waals surface area (Å²) in [5.41, 5.74) is 1.28. The van der Waals surface area contributed by atoms with E-state index in [4.69, 9.17) is 4.74 Å². The minimum absolute atomic E-state index is 0.128. The predicted octanol–water partition coefficient (Wildman–Crippen LogP) is 4.52. The van der Waals surface area contributed by atoms with Crippen molar-refractivity contribution in [1.29, 1.82) is 0 Å². The minimum Gasteiger partial charge on any atom is -0.379 e. The zero-order chi connectivity index (χ0) is 21.1. The van der Waals surface area contributed by atoms with E-state index in [1.807, 2.05) is 24.3 Å². The van der Waals surface area contributed by atoms with Crippen molar-refractivity contribution in [3.8, 4) is 0 Å². The molecule has 1 saturated heterocycles. The van der Waals surface area contributed by atoms with Crippen LogP contribution in [0.25, 0.3) is 0 Å². The van der Waals surface area contributed by atoms with E-state index in [1.165, 1.54) is 0 Å². The number of alkyl halides is 3. The smallest absolute Gasteiger partial charge is 0.379 e. The highest BCUT2D eigenvalue weighted by atomic mass is 19.4. The molecular formula is C23H28F3N3O. The second-order valence-corrected chi connectivity index (χ2v) is 8.54. The van der Waals surface area contributed by atoms with Crippen LogP contribution in [0.2, 0.25) is 0 Å². The first-order valence-corrected chi connectivity index (χ1v) is 10.5. The summed E-state index contributed by atoms with van der Waals surface area (Å²) in [5.74, 6) is 1.96. The highest BCUT2D eigenvalue weighted by Gasteiger charge is 2.42. The summed E-state index contributed by atoms with van der Waals surface area (Å²) in [4.78, 5) is 6.75. The van der Waals surface area contributed by atoms with Gasteiger partial charge in [-0.25, -0.2) is 4.98 Å². The fourth-order valence-electron chi connectivity index (χ4n) is 5.02. The van der Waals surface area contributed by atoms with E-state index >= 15 is 0 Å². The van der Waals surface area contributed by atoms with Gasteiger partial charge >= 0.3 is 6.18 Å². The second-order valence-electron chi connectivity index (χ2n) is 8.54. The Labute approximate surface area is 175 Å². The van der Waals surface area contributed by atoms with Gasteiger partial charge in [0.1, 0.15) is 5.82 Å². The number of aromatic nitrogens is 1. The van der Waals surface area contributed by atoms with Gasteiger partial charge in [0.05, 0.1) is 18.6 Å². The summed E-state index contributed by atoms with van der Waals surface area (Å²) in [7, 11) is 1.76. The van der Waals surface area contributed by atoms with Crippen LogP contribution in [0.3, 0.4) is 0 Å². The lowest BCUT2D eigenvalue weighted by Gasteiger charge is -2.37. The number of anilines is 1. The Morgan fingerprint density at radius 3 is 2.53 bits per heavy atom. The standard InChI is InChI=1S/C23H28F3N3O/c1-30-21-11-19-15-29(13-17-6-4-5-16(9-17)12-23(24,25)26)14-18(19)10-20(21)28-22-7-2-3-8-27-22/h2-9,18-21H,10-15H2,1H3,(H,27,28)/t18-,19+,20-,21-/m1/s1. The molecule has 0 spiro atoms. The van der Waals surface area contributed by atoms with Gasteiger partial charge < -0.3 is 10.1 Å². The van der Waals surface area contributed by atoms with Crippen molar-refractivity contribution in [2.45, 2.75) is 44.1 Å². The van der Waals surface area contributed by atoms with Gasteiger partial charge in [-0.1, -0.05) is 30.3 Å². The van der Waals surface area contributed by atoms with Crippen molar-refractivity contribution in [3.05, 3.63) is 59.8 Å². The molecule has 1 saturated carbocycles. The number of fused-ring (bicyclic) bond motifs is 1. The molecule has 1 aromatic heterocycles. The number of benzene rings is 1. The number of hydrogen-bond acceptors (Lipinski definition) is 4. The quantitative estimate of drug-likeness (QED) is 0.747. The topological polar surface area (TPSA) is 37.4 Å². The molecular weight excluding hydrogens is 391 g/mol. The van der Waals surface area contributed by atoms with E-state index in [9.17, 15) is 13.2 Å². The summed E-state index contributed by atoms with van der Waals surface area (Å²) in [6.45, 7) is 2.62. The Hall–Kier alpha value is -2.12. The largest absolute Gasteiger partial charge is 0.393 e. The van der Waals surface area contributed by atoms with Crippen LogP contribution in [0.1, 0.15) is 24.0 Å². The molecule has 4 atom stereocenters. The van der Waals surface area contributed by atoms with Crippen molar-refractivity contribution in [1.82, 2.24) is 9.88 Å². The number of nitrogens with zero attached hydrogens (tertiary/aromatic N) is 2. The molecule has 0 unspecified atom stereocenters. The maximum absolute atomic E-state index is 12.7. The van der Waals surface area contributed by atoms with Gasteiger partial charge in [-0.2, -0.15) is 13.2 Å². The molecule has 1 aliphatic carbocycles. The molecule has 1 N–H and O–H groups in total. The summed E-state index contributed by atoms with van der Waals surface area (Å²) in [6, 6.07) is 12.9. The summed E-state index contributed by atoms with van der Waals surface area (Å²) in [6.07, 6.45) is -1.15. The van der Waals surface area contributed by atoms with Crippen LogP contribution in [0.4, 0.5) is 19.0 Å². The zero-order valence-corrected chi connectivity index (χ0v) is 17.1. The molecule has 2 heterocycles. The SMILES string of the molecule is CO[C@@H]1C[C@H]2CN(Cc3cccc(CC(F)(F)F)c3)C[C@H]2C[C@H]1Nc1ccccn1. The van der Waals surface area contributed by atoms with E-state index in [1.54, 1.807) is 31.5 Å². The first-order chi connectivity index (χ1) is 14.4. The number of nitrogens with one attached hydrogen (secondary N) is 1. The molecule has 2 fully saturated rings. The molecule has 2 aromatic rings. The number of hydrogen-bond donors (Lipinski definition) is 1. The molecule has 162 valence electrons. The molecule has 1 aromatic carbocycles. The fraction of sp³-hybridized carbons (Fsp3) is 0.522. The third-order valence-corrected chi connectivity index (χ3v) is 6.30. The molecule has 1 aliphatic heterocycles. The Bertz CT molecular complexity index is 830. The molecule has 0 bridgehead atoms. The van der Waals surface area contributed by atoms with Crippen LogP contribution in [0, 0.1) is 11.8 Å². The van der Waals surface area contributed by atoms with Gasteiger partial charge in [-0.3, -0.25) is 4.90 Å². The van der Waals surface area contributed by atoms with E-state index in [0.717, 1.165) is 37.3 Å². The van der Waals surface area contributed by atoms with Crippen LogP contribution in [0.15, 0.2) is 48.7 Å². The number of halogens is 3. The van der Waals surface area contributed by atoms with E-state index in [-0.39, 0.29) is 12.1 Å². The zero-order valence-electron chi connectivity index (χ0n) is 17.1. The van der Waals surface area contributed by atoms with Crippen molar-refractivity contribution < 1.29 is 17.9 Å². The second kappa shape index (κ2) is 8.94. The van der Waals surface area contributed by atoms with Gasteiger partial charge in [0, 0.05) is 32.9 Å². The third kappa shape index (κ3) is 5.32. The van der Waals surface area contributed by atoms with Crippen molar-refractivity contribution >= 4 is 5.82 Å². The first kappa shape index (κ1) is 21.1. The lowest BCUT2D eigenvalue weighted by atomic mass is 9.77. The molecule has 0 radical (unpaired) electrons. The van der Waals surface area contributed by atoms with Crippen molar-refractivity contribution in [3.63, 3.8) is 0 Å². The van der Waals surface area contributed by atoms with Crippen LogP contribution >= 0.6 is 0 Å². The maximum Gasteiger partial charge on any atom is 0.393 e. The minimum atomic E-state index is -4.17. The average molecular weight is 419 g/mol. The molecule has 4 rings (SSSR count). The number of methoxy groups -OCH3 is 1. The summed E-state index contributed by atoms with van der Waals surface area (Å²) in [5, 5.41) is 3.53. The van der Waals surface area contributed by atoms with Crippen LogP contribution in [0.5, 0.6) is 0 Å². The lowest BCUT2D eigenvalue weighted by Crippen LogP contribution is -2.44. The Morgan fingerprint density at radius 2 is 1.83 bits per heavy atom. The van der Waals surface area contributed by atoms with Crippen molar-refractivity contribution in [2.75, 3.05) is 25.5 Å². The van der Waals surface area contributed by atoms with Crippen LogP contribution < -0.4 is 5.32 Å². The third-order valence-electron chi connectivity index (χ3n) is 6.30. The highest BCUT2D eigenvalue weighted by molar-refractivity contribution is 5.35. The Kier molecular flexibility index (Phi) is 6.29. The normalized spacial score (nSPS) is 27.1. The predicted molar refractivity (Wildman–Crippen MR) is 110 cm³/mol. The fourth-order valence-corrected chi connectivity index (χ4v) is 5.02. The highest BCUT2D eigenvalue weighted by Crippen LogP contribution is 2.39. The van der Waals surface area contributed by atoms with E-state index < -0.39 is 12.6 Å². The first-order valence-electron chi connectivity index (χ1n) is 10.5. The van der Waals surface area contributed by atoms with Crippen LogP contribution in [-0.4, -0.2) is 48.4 Å². The lowest BCUT2D eigenvalue weighted by molar-refractivity contribution is -0.127. The van der Waals surface area contributed by atoms with Gasteiger partial charge in [-0.05, 0) is 47.9 Å². The van der Waals surface area contributed by atoms with Gasteiger partial charge in [0.25, 0.3) is 0 Å². The molecule has 4 nitrogen and oxygen atoms in total. The van der Waals surface area contributed by atoms with E-state index in [2.05, 4.69) is 15.2 Å². The van der Waals surface area contributed by atoms with Gasteiger partial charge in [0.2, 0.25) is 0 Å². The van der Waals surface area contributed by atoms with Gasteiger partial charge in [-0.15, -0.1) is 0 Å². The number of rotatable bonds is 6. The van der Waals surface area contributed by atoms with Gasteiger partial charge in [0.15, 0.2) is 0 Å².